The fourth-order valence-corrected chi connectivity index (χ4v) is 2.12. The van der Waals surface area contributed by atoms with Gasteiger partial charge in [-0.05, 0) is 45.6 Å². The molecule has 0 spiro atoms. The molecular formula is C17H29F. The molecule has 1 unspecified atom stereocenters. The molecule has 18 heavy (non-hydrogen) atoms. The first kappa shape index (κ1) is 17.2. The van der Waals surface area contributed by atoms with Crippen LogP contribution in [0.3, 0.4) is 0 Å². The highest BCUT2D eigenvalue weighted by Crippen LogP contribution is 2.26. The minimum absolute atomic E-state index is 0.667. The van der Waals surface area contributed by atoms with E-state index in [9.17, 15) is 4.39 Å². The third-order valence-electron chi connectivity index (χ3n) is 2.94. The molecule has 0 aromatic heterocycles. The van der Waals surface area contributed by atoms with Gasteiger partial charge in [0.15, 0.2) is 0 Å². The molecule has 0 saturated carbocycles. The van der Waals surface area contributed by atoms with Crippen molar-refractivity contribution < 1.29 is 4.39 Å². The van der Waals surface area contributed by atoms with E-state index in [1.807, 2.05) is 19.1 Å². The number of hydrogen-bond donors (Lipinski definition) is 0. The summed E-state index contributed by atoms with van der Waals surface area (Å²) in [6.45, 7) is 15.5. The Labute approximate surface area is 113 Å². The van der Waals surface area contributed by atoms with Gasteiger partial charge in [0, 0.05) is 0 Å². The molecule has 0 aromatic rings. The highest BCUT2D eigenvalue weighted by atomic mass is 19.1. The molecule has 104 valence electrons. The van der Waals surface area contributed by atoms with Gasteiger partial charge in [0.25, 0.3) is 0 Å². The molecule has 0 radical (unpaired) electrons. The van der Waals surface area contributed by atoms with Crippen molar-refractivity contribution in [1.29, 1.82) is 0 Å². The quantitative estimate of drug-likeness (QED) is 0.487. The Morgan fingerprint density at radius 3 is 2.22 bits per heavy atom. The summed E-state index contributed by atoms with van der Waals surface area (Å²) in [7, 11) is 0. The summed E-state index contributed by atoms with van der Waals surface area (Å²) in [4.78, 5) is 0. The SMILES string of the molecule is C=C(C)/C=C(\C=C(/C)CC(C)CCC)C(C)(C)F. The van der Waals surface area contributed by atoms with Crippen LogP contribution in [-0.2, 0) is 0 Å². The minimum Gasteiger partial charge on any atom is -0.239 e. The van der Waals surface area contributed by atoms with Gasteiger partial charge in [-0.1, -0.05) is 56.6 Å². The lowest BCUT2D eigenvalue weighted by Crippen LogP contribution is -2.15. The van der Waals surface area contributed by atoms with Crippen molar-refractivity contribution in [3.63, 3.8) is 0 Å². The van der Waals surface area contributed by atoms with Crippen molar-refractivity contribution >= 4 is 0 Å². The third kappa shape index (κ3) is 7.47. The van der Waals surface area contributed by atoms with E-state index in [-0.39, 0.29) is 0 Å². The first-order valence-corrected chi connectivity index (χ1v) is 6.90. The number of hydrogen-bond acceptors (Lipinski definition) is 0. The van der Waals surface area contributed by atoms with E-state index in [1.54, 1.807) is 13.8 Å². The van der Waals surface area contributed by atoms with Crippen LogP contribution in [0.4, 0.5) is 4.39 Å². The van der Waals surface area contributed by atoms with E-state index < -0.39 is 5.67 Å². The Kier molecular flexibility index (Phi) is 7.20. The molecule has 0 bridgehead atoms. The average Bonchev–Trinajstić information content (AvgIpc) is 2.14. The molecule has 0 aromatic carbocycles. The second-order valence-electron chi connectivity index (χ2n) is 6.01. The van der Waals surface area contributed by atoms with E-state index in [0.717, 1.165) is 17.6 Å². The highest BCUT2D eigenvalue weighted by molar-refractivity contribution is 5.35. The Morgan fingerprint density at radius 1 is 1.28 bits per heavy atom. The van der Waals surface area contributed by atoms with Crippen LogP contribution in [-0.4, -0.2) is 5.67 Å². The normalized spacial score (nSPS) is 15.7. The number of allylic oxidation sites excluding steroid dienone is 5. The zero-order valence-corrected chi connectivity index (χ0v) is 12.9. The van der Waals surface area contributed by atoms with Crippen molar-refractivity contribution in [2.45, 2.75) is 66.5 Å². The largest absolute Gasteiger partial charge is 0.239 e. The molecule has 0 heterocycles. The van der Waals surface area contributed by atoms with Gasteiger partial charge in [-0.15, -0.1) is 0 Å². The summed E-state index contributed by atoms with van der Waals surface area (Å²) in [5.41, 5.74) is 1.54. The van der Waals surface area contributed by atoms with Crippen molar-refractivity contribution in [1.82, 2.24) is 0 Å². The van der Waals surface area contributed by atoms with Gasteiger partial charge in [0.05, 0.1) is 0 Å². The lowest BCUT2D eigenvalue weighted by atomic mass is 9.92. The van der Waals surface area contributed by atoms with Crippen LogP contribution in [0.1, 0.15) is 60.8 Å². The van der Waals surface area contributed by atoms with E-state index in [2.05, 4.69) is 27.4 Å². The lowest BCUT2D eigenvalue weighted by molar-refractivity contribution is 0.273. The van der Waals surface area contributed by atoms with E-state index in [1.165, 1.54) is 18.4 Å². The minimum atomic E-state index is -1.31. The second kappa shape index (κ2) is 7.56. The third-order valence-corrected chi connectivity index (χ3v) is 2.94. The first-order chi connectivity index (χ1) is 8.16. The molecule has 1 heteroatoms. The monoisotopic (exact) mass is 252 g/mol. The summed E-state index contributed by atoms with van der Waals surface area (Å²) in [6, 6.07) is 0. The molecular weight excluding hydrogens is 223 g/mol. The number of alkyl halides is 1. The number of halogens is 1. The molecule has 0 aliphatic rings. The molecule has 0 aliphatic heterocycles. The van der Waals surface area contributed by atoms with Gasteiger partial charge in [-0.3, -0.25) is 0 Å². The van der Waals surface area contributed by atoms with Crippen LogP contribution in [0.2, 0.25) is 0 Å². The molecule has 0 rings (SSSR count). The molecule has 0 amide bonds. The molecule has 0 nitrogen and oxygen atoms in total. The number of rotatable bonds is 7. The molecule has 1 atom stereocenters. The fraction of sp³-hybridized carbons (Fsp3) is 0.647. The Hall–Kier alpha value is -0.850. The maximum absolute atomic E-state index is 14.1. The topological polar surface area (TPSA) is 0 Å². The zero-order chi connectivity index (χ0) is 14.3. The second-order valence-corrected chi connectivity index (χ2v) is 6.01. The van der Waals surface area contributed by atoms with Crippen molar-refractivity contribution in [3.05, 3.63) is 35.5 Å². The Bertz CT molecular complexity index is 326. The maximum atomic E-state index is 14.1. The summed E-state index contributed by atoms with van der Waals surface area (Å²) >= 11 is 0. The average molecular weight is 252 g/mol. The predicted octanol–water partition coefficient (Wildman–Crippen LogP) is 6.01. The zero-order valence-electron chi connectivity index (χ0n) is 12.9. The van der Waals surface area contributed by atoms with Crippen LogP contribution < -0.4 is 0 Å². The van der Waals surface area contributed by atoms with Crippen molar-refractivity contribution in [2.75, 3.05) is 0 Å². The van der Waals surface area contributed by atoms with Crippen LogP contribution in [0.5, 0.6) is 0 Å². The van der Waals surface area contributed by atoms with Crippen LogP contribution in [0.15, 0.2) is 35.5 Å². The maximum Gasteiger partial charge on any atom is 0.130 e. The summed E-state index contributed by atoms with van der Waals surface area (Å²) in [5, 5.41) is 0. The Morgan fingerprint density at radius 2 is 1.83 bits per heavy atom. The molecule has 0 N–H and O–H groups in total. The van der Waals surface area contributed by atoms with Gasteiger partial charge in [-0.25, -0.2) is 4.39 Å². The van der Waals surface area contributed by atoms with Gasteiger partial charge in [0.2, 0.25) is 0 Å². The van der Waals surface area contributed by atoms with Crippen LogP contribution >= 0.6 is 0 Å². The highest BCUT2D eigenvalue weighted by Gasteiger charge is 2.20. The van der Waals surface area contributed by atoms with Crippen molar-refractivity contribution in [3.8, 4) is 0 Å². The van der Waals surface area contributed by atoms with Crippen LogP contribution in [0.25, 0.3) is 0 Å². The van der Waals surface area contributed by atoms with Crippen LogP contribution in [0, 0.1) is 5.92 Å². The van der Waals surface area contributed by atoms with Gasteiger partial charge in [-0.2, -0.15) is 0 Å². The first-order valence-electron chi connectivity index (χ1n) is 6.90. The summed E-state index contributed by atoms with van der Waals surface area (Å²) < 4.78 is 14.1. The predicted molar refractivity (Wildman–Crippen MR) is 80.5 cm³/mol. The summed E-state index contributed by atoms with van der Waals surface area (Å²) in [5.74, 6) is 0.667. The summed E-state index contributed by atoms with van der Waals surface area (Å²) in [6.07, 6.45) is 7.30. The smallest absolute Gasteiger partial charge is 0.130 e. The standard InChI is InChI=1S/C17H29F/c1-8-9-14(4)11-15(5)12-16(10-13(2)3)17(6,7)18/h10,12,14H,2,8-9,11H2,1,3-7H3/b15-12+,16-10+. The molecule has 0 fully saturated rings. The van der Waals surface area contributed by atoms with E-state index in [0.29, 0.717) is 5.92 Å². The molecule has 0 aliphatic carbocycles. The fourth-order valence-electron chi connectivity index (χ4n) is 2.12. The van der Waals surface area contributed by atoms with Crippen molar-refractivity contribution in [2.24, 2.45) is 5.92 Å². The Balaban J connectivity index is 4.91. The van der Waals surface area contributed by atoms with Gasteiger partial charge < -0.3 is 0 Å². The van der Waals surface area contributed by atoms with E-state index in [4.69, 9.17) is 0 Å². The molecule has 0 saturated heterocycles. The van der Waals surface area contributed by atoms with Gasteiger partial charge >= 0.3 is 0 Å². The van der Waals surface area contributed by atoms with Gasteiger partial charge in [0.1, 0.15) is 5.67 Å². The lowest BCUT2D eigenvalue weighted by Gasteiger charge is -2.18. The van der Waals surface area contributed by atoms with E-state index >= 15 is 0 Å².